The van der Waals surface area contributed by atoms with E-state index in [-0.39, 0.29) is 11.2 Å². The molecule has 0 saturated carbocycles. The van der Waals surface area contributed by atoms with Gasteiger partial charge in [-0.25, -0.2) is 0 Å². The summed E-state index contributed by atoms with van der Waals surface area (Å²) in [4.78, 5) is 2.58. The van der Waals surface area contributed by atoms with Gasteiger partial charge >= 0.3 is 0 Å². The van der Waals surface area contributed by atoms with Gasteiger partial charge in [0, 0.05) is 13.1 Å². The second-order valence-electron chi connectivity index (χ2n) is 7.10. The molecule has 1 fully saturated rings. The van der Waals surface area contributed by atoms with Gasteiger partial charge in [0.2, 0.25) is 0 Å². The van der Waals surface area contributed by atoms with E-state index < -0.39 is 0 Å². The van der Waals surface area contributed by atoms with Gasteiger partial charge in [0.1, 0.15) is 0 Å². The van der Waals surface area contributed by atoms with Crippen molar-refractivity contribution < 1.29 is 4.74 Å². The quantitative estimate of drug-likeness (QED) is 0.686. The summed E-state index contributed by atoms with van der Waals surface area (Å²) in [5.41, 5.74) is -0.0143. The zero-order chi connectivity index (χ0) is 14.4. The fraction of sp³-hybridized carbons (Fsp3) is 1.00. The minimum absolute atomic E-state index is 0.00715. The summed E-state index contributed by atoms with van der Waals surface area (Å²) in [7, 11) is 0. The van der Waals surface area contributed by atoms with Crippen molar-refractivity contribution >= 4 is 0 Å². The van der Waals surface area contributed by atoms with Crippen LogP contribution in [0.25, 0.3) is 0 Å². The van der Waals surface area contributed by atoms with Crippen LogP contribution in [0.1, 0.15) is 60.3 Å². The average Bonchev–Trinajstić information content (AvgIpc) is 2.23. The maximum absolute atomic E-state index is 6.11. The first-order chi connectivity index (χ1) is 8.85. The van der Waals surface area contributed by atoms with Crippen LogP contribution < -0.4 is 5.32 Å². The summed E-state index contributed by atoms with van der Waals surface area (Å²) in [6.45, 7) is 16.6. The molecular weight excluding hydrogens is 236 g/mol. The zero-order valence-corrected chi connectivity index (χ0v) is 13.7. The molecule has 0 atom stereocenters. The molecule has 0 aromatic heterocycles. The molecule has 0 aromatic carbocycles. The SMILES string of the molecule is CCNCCCCCCN1CC(C)(C)OC(C)(C)C1. The number of hydrogen-bond acceptors (Lipinski definition) is 3. The highest BCUT2D eigenvalue weighted by Gasteiger charge is 2.37. The lowest BCUT2D eigenvalue weighted by atomic mass is 9.98. The van der Waals surface area contributed by atoms with Crippen LogP contribution in [0.15, 0.2) is 0 Å². The minimum atomic E-state index is -0.00715. The Balaban J connectivity index is 2.15. The van der Waals surface area contributed by atoms with Gasteiger partial charge < -0.3 is 10.1 Å². The normalized spacial score (nSPS) is 22.6. The van der Waals surface area contributed by atoms with Crippen LogP contribution in [-0.2, 0) is 4.74 Å². The maximum Gasteiger partial charge on any atom is 0.0760 e. The minimum Gasteiger partial charge on any atom is -0.367 e. The van der Waals surface area contributed by atoms with Gasteiger partial charge in [0.15, 0.2) is 0 Å². The number of nitrogens with zero attached hydrogens (tertiary/aromatic N) is 1. The summed E-state index contributed by atoms with van der Waals surface area (Å²) < 4.78 is 6.11. The lowest BCUT2D eigenvalue weighted by molar-refractivity contribution is -0.180. The van der Waals surface area contributed by atoms with E-state index in [4.69, 9.17) is 4.74 Å². The second-order valence-corrected chi connectivity index (χ2v) is 7.10. The number of rotatable bonds is 8. The molecule has 1 rings (SSSR count). The summed E-state index contributed by atoms with van der Waals surface area (Å²) in [5, 5.41) is 3.38. The first kappa shape index (κ1) is 16.9. The predicted octanol–water partition coefficient (Wildman–Crippen LogP) is 3.05. The highest BCUT2D eigenvalue weighted by atomic mass is 16.5. The standard InChI is InChI=1S/C16H34N2O/c1-6-17-11-9-7-8-10-12-18-13-15(2,3)19-16(4,5)14-18/h17H,6-14H2,1-5H3. The predicted molar refractivity (Wildman–Crippen MR) is 82.7 cm³/mol. The fourth-order valence-electron chi connectivity index (χ4n) is 3.22. The van der Waals surface area contributed by atoms with Gasteiger partial charge in [-0.1, -0.05) is 19.8 Å². The van der Waals surface area contributed by atoms with E-state index in [0.717, 1.165) is 19.6 Å². The molecular formula is C16H34N2O. The van der Waals surface area contributed by atoms with Crippen molar-refractivity contribution in [1.29, 1.82) is 0 Å². The van der Waals surface area contributed by atoms with Crippen molar-refractivity contribution in [3.05, 3.63) is 0 Å². The van der Waals surface area contributed by atoms with E-state index in [0.29, 0.717) is 0 Å². The van der Waals surface area contributed by atoms with Crippen LogP contribution in [0.2, 0.25) is 0 Å². The molecule has 0 spiro atoms. The van der Waals surface area contributed by atoms with E-state index >= 15 is 0 Å². The van der Waals surface area contributed by atoms with Crippen molar-refractivity contribution in [2.75, 3.05) is 32.7 Å². The van der Waals surface area contributed by atoms with E-state index in [9.17, 15) is 0 Å². The molecule has 1 N–H and O–H groups in total. The lowest BCUT2D eigenvalue weighted by Crippen LogP contribution is -2.57. The molecule has 1 aliphatic rings. The average molecular weight is 270 g/mol. The third-order valence-corrected chi connectivity index (χ3v) is 3.59. The summed E-state index contributed by atoms with van der Waals surface area (Å²) in [5.74, 6) is 0. The Labute approximate surface area is 120 Å². The largest absolute Gasteiger partial charge is 0.367 e. The fourth-order valence-corrected chi connectivity index (χ4v) is 3.22. The topological polar surface area (TPSA) is 24.5 Å². The summed E-state index contributed by atoms with van der Waals surface area (Å²) in [6.07, 6.45) is 5.33. The van der Waals surface area contributed by atoms with Crippen LogP contribution in [0.3, 0.4) is 0 Å². The van der Waals surface area contributed by atoms with Crippen molar-refractivity contribution in [1.82, 2.24) is 10.2 Å². The van der Waals surface area contributed by atoms with Gasteiger partial charge in [-0.15, -0.1) is 0 Å². The smallest absolute Gasteiger partial charge is 0.0760 e. The third-order valence-electron chi connectivity index (χ3n) is 3.59. The number of nitrogens with one attached hydrogen (secondary N) is 1. The monoisotopic (exact) mass is 270 g/mol. The maximum atomic E-state index is 6.11. The third kappa shape index (κ3) is 7.28. The van der Waals surface area contributed by atoms with E-state index in [1.54, 1.807) is 0 Å². The Hall–Kier alpha value is -0.120. The Morgan fingerprint density at radius 3 is 2.11 bits per heavy atom. The molecule has 1 heterocycles. The van der Waals surface area contributed by atoms with Crippen molar-refractivity contribution in [2.45, 2.75) is 71.5 Å². The van der Waals surface area contributed by atoms with Gasteiger partial charge in [-0.05, 0) is 60.2 Å². The molecule has 3 heteroatoms. The Kier molecular flexibility index (Phi) is 6.78. The molecule has 0 radical (unpaired) electrons. The lowest BCUT2D eigenvalue weighted by Gasteiger charge is -2.47. The van der Waals surface area contributed by atoms with Crippen LogP contribution in [-0.4, -0.2) is 48.8 Å². The van der Waals surface area contributed by atoms with Crippen molar-refractivity contribution in [2.24, 2.45) is 0 Å². The van der Waals surface area contributed by atoms with Crippen LogP contribution in [0.5, 0.6) is 0 Å². The molecule has 0 amide bonds. The molecule has 1 saturated heterocycles. The summed E-state index contributed by atoms with van der Waals surface area (Å²) in [6, 6.07) is 0. The van der Waals surface area contributed by atoms with Gasteiger partial charge in [-0.2, -0.15) is 0 Å². The van der Waals surface area contributed by atoms with Crippen LogP contribution >= 0.6 is 0 Å². The zero-order valence-electron chi connectivity index (χ0n) is 13.7. The van der Waals surface area contributed by atoms with E-state index in [2.05, 4.69) is 44.8 Å². The van der Waals surface area contributed by atoms with Crippen molar-refractivity contribution in [3.63, 3.8) is 0 Å². The molecule has 0 unspecified atom stereocenters. The van der Waals surface area contributed by atoms with Crippen molar-refractivity contribution in [3.8, 4) is 0 Å². The molecule has 0 aromatic rings. The first-order valence-electron chi connectivity index (χ1n) is 7.98. The number of hydrogen-bond donors (Lipinski definition) is 1. The van der Waals surface area contributed by atoms with Gasteiger partial charge in [-0.3, -0.25) is 4.90 Å². The first-order valence-corrected chi connectivity index (χ1v) is 7.98. The number of unbranched alkanes of at least 4 members (excludes halogenated alkanes) is 3. The van der Waals surface area contributed by atoms with Crippen LogP contribution in [0, 0.1) is 0 Å². The van der Waals surface area contributed by atoms with Gasteiger partial charge in [0.25, 0.3) is 0 Å². The van der Waals surface area contributed by atoms with E-state index in [1.807, 2.05) is 0 Å². The Morgan fingerprint density at radius 2 is 1.53 bits per heavy atom. The van der Waals surface area contributed by atoms with Gasteiger partial charge in [0.05, 0.1) is 11.2 Å². The Bertz CT molecular complexity index is 235. The summed E-state index contributed by atoms with van der Waals surface area (Å²) >= 11 is 0. The number of ether oxygens (including phenoxy) is 1. The molecule has 19 heavy (non-hydrogen) atoms. The molecule has 3 nitrogen and oxygen atoms in total. The molecule has 0 bridgehead atoms. The molecule has 114 valence electrons. The van der Waals surface area contributed by atoms with Crippen LogP contribution in [0.4, 0.5) is 0 Å². The Morgan fingerprint density at radius 1 is 0.947 bits per heavy atom. The molecule has 1 aliphatic heterocycles. The van der Waals surface area contributed by atoms with E-state index in [1.165, 1.54) is 38.8 Å². The molecule has 0 aliphatic carbocycles. The highest BCUT2D eigenvalue weighted by molar-refractivity contribution is 4.88. The second kappa shape index (κ2) is 7.61. The number of morpholine rings is 1. The highest BCUT2D eigenvalue weighted by Crippen LogP contribution is 2.28.